The number of aliphatic hydroxyl groups is 1. The number of hydrogen-bond acceptors (Lipinski definition) is 2. The molecule has 0 heterocycles. The summed E-state index contributed by atoms with van der Waals surface area (Å²) in [7, 11) is 0. The largest absolute Gasteiger partial charge is 0.416 e. The SMILES string of the molecule is NC[C@H](O)[C@@H](c1ccc(F)cc1)c1cccc(C(F)(F)F)c1. The molecule has 0 spiro atoms. The molecule has 2 atom stereocenters. The van der Waals surface area contributed by atoms with E-state index in [2.05, 4.69) is 0 Å². The molecule has 3 N–H and O–H groups in total. The van der Waals surface area contributed by atoms with Gasteiger partial charge in [0, 0.05) is 12.5 Å². The van der Waals surface area contributed by atoms with Crippen LogP contribution in [0.5, 0.6) is 0 Å². The van der Waals surface area contributed by atoms with Gasteiger partial charge in [-0.1, -0.05) is 30.3 Å². The van der Waals surface area contributed by atoms with Crippen LogP contribution in [0.15, 0.2) is 48.5 Å². The van der Waals surface area contributed by atoms with E-state index >= 15 is 0 Å². The van der Waals surface area contributed by atoms with E-state index in [1.54, 1.807) is 0 Å². The van der Waals surface area contributed by atoms with Crippen molar-refractivity contribution in [3.05, 3.63) is 71.0 Å². The van der Waals surface area contributed by atoms with E-state index < -0.39 is 29.6 Å². The molecule has 2 aromatic rings. The first-order valence-electron chi connectivity index (χ1n) is 6.63. The van der Waals surface area contributed by atoms with Crippen LogP contribution in [0, 0.1) is 5.82 Å². The fraction of sp³-hybridized carbons (Fsp3) is 0.250. The predicted molar refractivity (Wildman–Crippen MR) is 74.7 cm³/mol. The summed E-state index contributed by atoms with van der Waals surface area (Å²) in [6.45, 7) is -0.127. The fourth-order valence-corrected chi connectivity index (χ4v) is 2.35. The summed E-state index contributed by atoms with van der Waals surface area (Å²) in [5.74, 6) is -1.22. The van der Waals surface area contributed by atoms with Crippen LogP contribution in [0.4, 0.5) is 17.6 Å². The van der Waals surface area contributed by atoms with Gasteiger partial charge in [-0.3, -0.25) is 0 Å². The highest BCUT2D eigenvalue weighted by atomic mass is 19.4. The molecule has 22 heavy (non-hydrogen) atoms. The molecule has 2 rings (SSSR count). The Morgan fingerprint density at radius 1 is 1.00 bits per heavy atom. The molecule has 0 fully saturated rings. The van der Waals surface area contributed by atoms with Gasteiger partial charge in [-0.15, -0.1) is 0 Å². The minimum absolute atomic E-state index is 0.127. The van der Waals surface area contributed by atoms with E-state index in [0.717, 1.165) is 12.1 Å². The fourth-order valence-electron chi connectivity index (χ4n) is 2.35. The van der Waals surface area contributed by atoms with Gasteiger partial charge in [-0.2, -0.15) is 13.2 Å². The molecule has 2 aromatic carbocycles. The molecule has 0 bridgehead atoms. The lowest BCUT2D eigenvalue weighted by atomic mass is 9.86. The number of hydrogen-bond donors (Lipinski definition) is 2. The molecule has 0 aliphatic rings. The maximum absolute atomic E-state index is 13.0. The van der Waals surface area contributed by atoms with Gasteiger partial charge in [-0.05, 0) is 29.3 Å². The number of halogens is 4. The molecular weight excluding hydrogens is 298 g/mol. The van der Waals surface area contributed by atoms with Gasteiger partial charge in [0.15, 0.2) is 0 Å². The maximum Gasteiger partial charge on any atom is 0.416 e. The Morgan fingerprint density at radius 3 is 2.18 bits per heavy atom. The van der Waals surface area contributed by atoms with E-state index in [4.69, 9.17) is 5.73 Å². The van der Waals surface area contributed by atoms with Crippen LogP contribution in [0.1, 0.15) is 22.6 Å². The molecular formula is C16H15F4NO. The highest BCUT2D eigenvalue weighted by Crippen LogP contribution is 2.34. The van der Waals surface area contributed by atoms with Crippen molar-refractivity contribution in [1.29, 1.82) is 0 Å². The average Bonchev–Trinajstić information content (AvgIpc) is 2.49. The van der Waals surface area contributed by atoms with Crippen LogP contribution in [0.25, 0.3) is 0 Å². The number of aliphatic hydroxyl groups excluding tert-OH is 1. The minimum Gasteiger partial charge on any atom is -0.391 e. The summed E-state index contributed by atoms with van der Waals surface area (Å²) in [4.78, 5) is 0. The molecule has 0 radical (unpaired) electrons. The average molecular weight is 313 g/mol. The standard InChI is InChI=1S/C16H15F4NO/c17-13-6-4-10(5-7-13)15(14(22)9-21)11-2-1-3-12(8-11)16(18,19)20/h1-8,14-15,22H,9,21H2/t14-,15-/m0/s1. The third kappa shape index (κ3) is 3.64. The van der Waals surface area contributed by atoms with Crippen molar-refractivity contribution < 1.29 is 22.7 Å². The molecule has 0 aliphatic carbocycles. The van der Waals surface area contributed by atoms with E-state index in [0.29, 0.717) is 5.56 Å². The Labute approximate surface area is 125 Å². The number of benzene rings is 2. The summed E-state index contributed by atoms with van der Waals surface area (Å²) in [6.07, 6.45) is -5.55. The zero-order valence-corrected chi connectivity index (χ0v) is 11.5. The Bertz CT molecular complexity index is 625. The van der Waals surface area contributed by atoms with Crippen LogP contribution < -0.4 is 5.73 Å². The van der Waals surface area contributed by atoms with Crippen molar-refractivity contribution in [3.8, 4) is 0 Å². The Kier molecular flexibility index (Phi) is 4.83. The van der Waals surface area contributed by atoms with Crippen LogP contribution in [-0.4, -0.2) is 17.8 Å². The predicted octanol–water partition coefficient (Wildman–Crippen LogP) is 3.30. The van der Waals surface area contributed by atoms with Crippen molar-refractivity contribution in [2.45, 2.75) is 18.2 Å². The first-order valence-corrected chi connectivity index (χ1v) is 6.63. The summed E-state index contributed by atoms with van der Waals surface area (Å²) < 4.78 is 51.5. The third-order valence-corrected chi connectivity index (χ3v) is 3.43. The zero-order valence-electron chi connectivity index (χ0n) is 11.5. The zero-order chi connectivity index (χ0) is 16.3. The van der Waals surface area contributed by atoms with Crippen molar-refractivity contribution in [1.82, 2.24) is 0 Å². The number of alkyl halides is 3. The third-order valence-electron chi connectivity index (χ3n) is 3.43. The lowest BCUT2D eigenvalue weighted by Crippen LogP contribution is -2.28. The highest BCUT2D eigenvalue weighted by molar-refractivity contribution is 5.37. The van der Waals surface area contributed by atoms with Crippen molar-refractivity contribution in [2.24, 2.45) is 5.73 Å². The second kappa shape index (κ2) is 6.46. The van der Waals surface area contributed by atoms with Crippen LogP contribution in [-0.2, 0) is 6.18 Å². The minimum atomic E-state index is -4.48. The molecule has 0 unspecified atom stereocenters. The Hall–Kier alpha value is -1.92. The molecule has 6 heteroatoms. The lowest BCUT2D eigenvalue weighted by molar-refractivity contribution is -0.137. The van der Waals surface area contributed by atoms with Gasteiger partial charge in [0.05, 0.1) is 11.7 Å². The molecule has 0 aromatic heterocycles. The van der Waals surface area contributed by atoms with Gasteiger partial charge in [-0.25, -0.2) is 4.39 Å². The van der Waals surface area contributed by atoms with Gasteiger partial charge >= 0.3 is 6.18 Å². The van der Waals surface area contributed by atoms with Gasteiger partial charge in [0.25, 0.3) is 0 Å². The quantitative estimate of drug-likeness (QED) is 0.851. The first-order chi connectivity index (χ1) is 10.3. The molecule has 118 valence electrons. The summed E-state index contributed by atoms with van der Waals surface area (Å²) in [5, 5.41) is 10.1. The summed E-state index contributed by atoms with van der Waals surface area (Å²) in [5.41, 5.74) is 5.43. The van der Waals surface area contributed by atoms with E-state index in [9.17, 15) is 22.7 Å². The number of nitrogens with two attached hydrogens (primary N) is 1. The lowest BCUT2D eigenvalue weighted by Gasteiger charge is -2.23. The van der Waals surface area contributed by atoms with Gasteiger partial charge in [0.1, 0.15) is 5.82 Å². The highest BCUT2D eigenvalue weighted by Gasteiger charge is 2.32. The molecule has 0 saturated heterocycles. The number of rotatable bonds is 4. The Balaban J connectivity index is 2.48. The maximum atomic E-state index is 13.0. The Morgan fingerprint density at radius 2 is 1.64 bits per heavy atom. The van der Waals surface area contributed by atoms with Crippen molar-refractivity contribution in [3.63, 3.8) is 0 Å². The van der Waals surface area contributed by atoms with E-state index in [-0.39, 0.29) is 12.1 Å². The second-order valence-electron chi connectivity index (χ2n) is 4.96. The van der Waals surface area contributed by atoms with E-state index in [1.807, 2.05) is 0 Å². The smallest absolute Gasteiger partial charge is 0.391 e. The van der Waals surface area contributed by atoms with Gasteiger partial charge < -0.3 is 10.8 Å². The first kappa shape index (κ1) is 16.5. The van der Waals surface area contributed by atoms with Crippen molar-refractivity contribution >= 4 is 0 Å². The van der Waals surface area contributed by atoms with Gasteiger partial charge in [0.2, 0.25) is 0 Å². The van der Waals surface area contributed by atoms with Crippen LogP contribution in [0.2, 0.25) is 0 Å². The molecule has 2 nitrogen and oxygen atoms in total. The summed E-state index contributed by atoms with van der Waals surface area (Å²) in [6, 6.07) is 9.95. The normalized spacial score (nSPS) is 14.6. The second-order valence-corrected chi connectivity index (χ2v) is 4.96. The van der Waals surface area contributed by atoms with Crippen molar-refractivity contribution in [2.75, 3.05) is 6.54 Å². The monoisotopic (exact) mass is 313 g/mol. The summed E-state index contributed by atoms with van der Waals surface area (Å²) >= 11 is 0. The topological polar surface area (TPSA) is 46.2 Å². The molecule has 0 amide bonds. The molecule has 0 aliphatic heterocycles. The van der Waals surface area contributed by atoms with Crippen LogP contribution >= 0.6 is 0 Å². The molecule has 0 saturated carbocycles. The van der Waals surface area contributed by atoms with Crippen LogP contribution in [0.3, 0.4) is 0 Å². The van der Waals surface area contributed by atoms with E-state index in [1.165, 1.54) is 36.4 Å².